The lowest BCUT2D eigenvalue weighted by Gasteiger charge is -2.18. The van der Waals surface area contributed by atoms with E-state index in [2.05, 4.69) is 0 Å². The molecule has 3 rings (SSSR count). The van der Waals surface area contributed by atoms with Crippen molar-refractivity contribution < 1.29 is 19.1 Å². The molecule has 0 saturated carbocycles. The van der Waals surface area contributed by atoms with E-state index in [-0.39, 0.29) is 23.5 Å². The van der Waals surface area contributed by atoms with E-state index in [0.29, 0.717) is 27.8 Å². The lowest BCUT2D eigenvalue weighted by molar-refractivity contribution is 0.0979. The molecule has 0 aliphatic heterocycles. The minimum absolute atomic E-state index is 0.0794. The van der Waals surface area contributed by atoms with Crippen LogP contribution in [0.15, 0.2) is 42.5 Å². The Hall–Kier alpha value is -2.40. The summed E-state index contributed by atoms with van der Waals surface area (Å²) in [5.74, 6) is -0.332. The van der Waals surface area contributed by atoms with Gasteiger partial charge in [-0.2, -0.15) is 0 Å². The maximum absolute atomic E-state index is 12.5. The average Bonchev–Trinajstić information content (AvgIpc) is 2.57. The second kappa shape index (κ2) is 5.77. The molecule has 0 amide bonds. The third-order valence-electron chi connectivity index (χ3n) is 3.51. The summed E-state index contributed by atoms with van der Waals surface area (Å²) in [5.41, 5.74) is 2.28. The number of ether oxygens (including phenoxy) is 1. The van der Waals surface area contributed by atoms with Crippen molar-refractivity contribution in [1.29, 1.82) is 0 Å². The first-order valence-electron chi connectivity index (χ1n) is 6.64. The molecule has 1 aliphatic carbocycles. The topological polar surface area (TPSA) is 60.4 Å². The van der Waals surface area contributed by atoms with Crippen LogP contribution in [-0.4, -0.2) is 23.1 Å². The third-order valence-corrected chi connectivity index (χ3v) is 3.96. The molecule has 0 saturated heterocycles. The number of rotatable bonds is 2. The quantitative estimate of drug-likeness (QED) is 0.678. The van der Waals surface area contributed by atoms with Crippen LogP contribution in [0.3, 0.4) is 0 Å². The van der Waals surface area contributed by atoms with Gasteiger partial charge in [0.15, 0.2) is 11.6 Å². The van der Waals surface area contributed by atoms with Crippen LogP contribution in [0.2, 0.25) is 0 Å². The van der Waals surface area contributed by atoms with Crippen molar-refractivity contribution in [2.45, 2.75) is 6.61 Å². The summed E-state index contributed by atoms with van der Waals surface area (Å²) in [6.45, 7) is 0.0794. The lowest BCUT2D eigenvalue weighted by Crippen LogP contribution is -2.21. The largest absolute Gasteiger partial charge is 0.453 e. The van der Waals surface area contributed by atoms with Gasteiger partial charge in [-0.15, -0.1) is 0 Å². The number of carbonyl (C=O) groups is 3. The van der Waals surface area contributed by atoms with Gasteiger partial charge in [-0.1, -0.05) is 30.3 Å². The van der Waals surface area contributed by atoms with Crippen LogP contribution < -0.4 is 0 Å². The van der Waals surface area contributed by atoms with Gasteiger partial charge in [-0.05, 0) is 35.7 Å². The first-order chi connectivity index (χ1) is 10.6. The zero-order chi connectivity index (χ0) is 15.7. The molecule has 4 nitrogen and oxygen atoms in total. The van der Waals surface area contributed by atoms with Crippen LogP contribution in [0.25, 0.3) is 0 Å². The van der Waals surface area contributed by atoms with E-state index in [9.17, 15) is 14.4 Å². The lowest BCUT2D eigenvalue weighted by atomic mass is 9.83. The van der Waals surface area contributed by atoms with Crippen molar-refractivity contribution in [3.63, 3.8) is 0 Å². The van der Waals surface area contributed by atoms with Crippen molar-refractivity contribution >= 4 is 28.6 Å². The van der Waals surface area contributed by atoms with E-state index in [1.165, 1.54) is 0 Å². The van der Waals surface area contributed by atoms with Gasteiger partial charge in [0.2, 0.25) is 0 Å². The molecule has 5 heteroatoms. The molecular weight excluding hydrogens is 300 g/mol. The highest BCUT2D eigenvalue weighted by molar-refractivity contribution is 8.12. The van der Waals surface area contributed by atoms with E-state index in [0.717, 1.165) is 11.8 Å². The molecule has 1 aliphatic rings. The number of hydrogen-bond donors (Lipinski definition) is 0. The Kier molecular flexibility index (Phi) is 3.81. The molecule has 22 heavy (non-hydrogen) atoms. The Bertz CT molecular complexity index is 795. The zero-order valence-electron chi connectivity index (χ0n) is 11.8. The highest BCUT2D eigenvalue weighted by Crippen LogP contribution is 2.28. The number of carbonyl (C=O) groups excluding carboxylic acids is 3. The monoisotopic (exact) mass is 312 g/mol. The molecule has 0 bridgehead atoms. The van der Waals surface area contributed by atoms with Gasteiger partial charge in [-0.3, -0.25) is 9.59 Å². The van der Waals surface area contributed by atoms with Gasteiger partial charge in [0.05, 0.1) is 0 Å². The smallest absolute Gasteiger partial charge is 0.367 e. The highest BCUT2D eigenvalue weighted by Gasteiger charge is 2.29. The molecule has 0 unspecified atom stereocenters. The standard InChI is InChI=1S/C17H12O4S/c1-22-17(20)21-9-10-6-7-13-14(8-10)16(19)12-5-3-2-4-11(12)15(13)18/h2-8H,9H2,1H3. The Labute approximate surface area is 131 Å². The summed E-state index contributed by atoms with van der Waals surface area (Å²) in [7, 11) is 0. The van der Waals surface area contributed by atoms with Gasteiger partial charge in [-0.25, -0.2) is 4.79 Å². The number of hydrogen-bond acceptors (Lipinski definition) is 5. The molecule has 2 aromatic rings. The number of ketones is 2. The predicted octanol–water partition coefficient (Wildman–Crippen LogP) is 3.46. The average molecular weight is 312 g/mol. The number of fused-ring (bicyclic) bond motifs is 2. The van der Waals surface area contributed by atoms with E-state index in [1.807, 2.05) is 0 Å². The Morgan fingerprint density at radius 3 is 2.18 bits per heavy atom. The minimum Gasteiger partial charge on any atom is -0.453 e. The minimum atomic E-state index is -0.384. The van der Waals surface area contributed by atoms with Crippen LogP contribution >= 0.6 is 11.8 Å². The summed E-state index contributed by atoms with van der Waals surface area (Å²) in [6.07, 6.45) is 1.63. The second-order valence-electron chi connectivity index (χ2n) is 4.83. The fourth-order valence-corrected chi connectivity index (χ4v) is 2.61. The number of thioether (sulfide) groups is 1. The molecule has 0 spiro atoms. The first-order valence-corrected chi connectivity index (χ1v) is 7.86. The summed E-state index contributed by atoms with van der Waals surface area (Å²) in [5, 5.41) is -0.384. The van der Waals surface area contributed by atoms with Crippen molar-refractivity contribution in [3.05, 3.63) is 70.3 Å². The van der Waals surface area contributed by atoms with Gasteiger partial charge in [0.1, 0.15) is 6.61 Å². The maximum atomic E-state index is 12.5. The Morgan fingerprint density at radius 2 is 1.55 bits per heavy atom. The van der Waals surface area contributed by atoms with Crippen LogP contribution in [0.4, 0.5) is 4.79 Å². The first kappa shape index (κ1) is 14.5. The SMILES string of the molecule is CSC(=O)OCc1ccc2c(c1)C(=O)c1ccccc1C2=O. The van der Waals surface area contributed by atoms with Gasteiger partial charge >= 0.3 is 5.30 Å². The van der Waals surface area contributed by atoms with E-state index >= 15 is 0 Å². The normalized spacial score (nSPS) is 12.6. The van der Waals surface area contributed by atoms with Gasteiger partial charge < -0.3 is 4.74 Å². The molecule has 0 radical (unpaired) electrons. The van der Waals surface area contributed by atoms with Crippen LogP contribution in [0, 0.1) is 0 Å². The van der Waals surface area contributed by atoms with Gasteiger partial charge in [0.25, 0.3) is 0 Å². The summed E-state index contributed by atoms with van der Waals surface area (Å²) >= 11 is 0.982. The molecule has 0 heterocycles. The van der Waals surface area contributed by atoms with Crippen LogP contribution in [0.1, 0.15) is 37.4 Å². The van der Waals surface area contributed by atoms with E-state index in [4.69, 9.17) is 4.74 Å². The van der Waals surface area contributed by atoms with E-state index < -0.39 is 0 Å². The molecule has 0 atom stereocenters. The van der Waals surface area contributed by atoms with Crippen LogP contribution in [0.5, 0.6) is 0 Å². The summed E-state index contributed by atoms with van der Waals surface area (Å²) in [4.78, 5) is 36.1. The predicted molar refractivity (Wildman–Crippen MR) is 83.4 cm³/mol. The maximum Gasteiger partial charge on any atom is 0.367 e. The summed E-state index contributed by atoms with van der Waals surface area (Å²) < 4.78 is 5.03. The van der Waals surface area contributed by atoms with Crippen molar-refractivity contribution in [2.24, 2.45) is 0 Å². The van der Waals surface area contributed by atoms with Crippen LogP contribution in [-0.2, 0) is 11.3 Å². The molecule has 0 fully saturated rings. The Morgan fingerprint density at radius 1 is 0.955 bits per heavy atom. The zero-order valence-corrected chi connectivity index (χ0v) is 12.6. The number of benzene rings is 2. The second-order valence-corrected chi connectivity index (χ2v) is 5.57. The molecule has 110 valence electrons. The molecule has 2 aromatic carbocycles. The molecular formula is C17H12O4S. The highest BCUT2D eigenvalue weighted by atomic mass is 32.2. The van der Waals surface area contributed by atoms with Crippen molar-refractivity contribution in [2.75, 3.05) is 6.26 Å². The molecule has 0 N–H and O–H groups in total. The Balaban J connectivity index is 1.97. The fourth-order valence-electron chi connectivity index (χ4n) is 2.44. The van der Waals surface area contributed by atoms with Crippen molar-refractivity contribution in [1.82, 2.24) is 0 Å². The molecule has 0 aromatic heterocycles. The summed E-state index contributed by atoms with van der Waals surface area (Å²) in [6, 6.07) is 11.7. The van der Waals surface area contributed by atoms with Crippen molar-refractivity contribution in [3.8, 4) is 0 Å². The fraction of sp³-hybridized carbons (Fsp3) is 0.118. The van der Waals surface area contributed by atoms with E-state index in [1.54, 1.807) is 48.7 Å². The van der Waals surface area contributed by atoms with Gasteiger partial charge in [0, 0.05) is 22.3 Å². The third kappa shape index (κ3) is 2.44.